The Hall–Kier alpha value is -4.89. The van der Waals surface area contributed by atoms with Gasteiger partial charge in [-0.05, 0) is 61.1 Å². The minimum Gasteiger partial charge on any atom is -0.347 e. The number of hydrogen-bond donors (Lipinski definition) is 4. The van der Waals surface area contributed by atoms with E-state index in [0.29, 0.717) is 24.8 Å². The van der Waals surface area contributed by atoms with Gasteiger partial charge in [0.25, 0.3) is 11.8 Å². The van der Waals surface area contributed by atoms with Gasteiger partial charge < -0.3 is 26.2 Å². The van der Waals surface area contributed by atoms with Crippen LogP contribution in [0.3, 0.4) is 0 Å². The van der Waals surface area contributed by atoms with E-state index in [0.717, 1.165) is 44.2 Å². The highest BCUT2D eigenvalue weighted by Crippen LogP contribution is 2.37. The van der Waals surface area contributed by atoms with E-state index in [1.807, 2.05) is 0 Å². The zero-order chi connectivity index (χ0) is 40.8. The summed E-state index contributed by atoms with van der Waals surface area (Å²) in [5, 5.41) is 11.1. The highest BCUT2D eigenvalue weighted by molar-refractivity contribution is 6.38. The first-order chi connectivity index (χ1) is 26.5. The number of hydrogen-bond acceptors (Lipinski definition) is 8. The van der Waals surface area contributed by atoms with E-state index in [-0.39, 0.29) is 37.2 Å². The Balaban J connectivity index is 1.40. The summed E-state index contributed by atoms with van der Waals surface area (Å²) in [6.07, 6.45) is 5.79. The van der Waals surface area contributed by atoms with Crippen molar-refractivity contribution in [1.29, 1.82) is 0 Å². The minimum absolute atomic E-state index is 0.0340. The fourth-order valence-corrected chi connectivity index (χ4v) is 7.54. The Morgan fingerprint density at radius 2 is 1.55 bits per heavy atom. The maximum absolute atomic E-state index is 14.5. The molecule has 1 aromatic heterocycles. The SMILES string of the molecule is CCC[C@H](NC(=O)C1CN(C(=O)[C@@H](NC(=O)[C@@H](NC(=O)c2cnccn2)C2CCCCC2)C(C)(C)C)CC1c1ccc(C(F)(F)F)cc1)C(=O)C(=O)NC1CC1. The van der Waals surface area contributed by atoms with Gasteiger partial charge in [0.05, 0.1) is 23.7 Å². The molecule has 1 saturated heterocycles. The Morgan fingerprint density at radius 3 is 2.12 bits per heavy atom. The quantitative estimate of drug-likeness (QED) is 0.207. The molecule has 2 saturated carbocycles. The summed E-state index contributed by atoms with van der Waals surface area (Å²) in [5.74, 6) is -5.86. The molecular weight excluding hydrogens is 731 g/mol. The molecule has 16 heteroatoms. The lowest BCUT2D eigenvalue weighted by atomic mass is 9.82. The maximum Gasteiger partial charge on any atom is 0.416 e. The van der Waals surface area contributed by atoms with Gasteiger partial charge in [0.2, 0.25) is 23.5 Å². The monoisotopic (exact) mass is 783 g/mol. The number of ketones is 1. The molecule has 5 atom stereocenters. The number of alkyl halides is 3. The number of nitrogens with zero attached hydrogens (tertiary/aromatic N) is 3. The van der Waals surface area contributed by atoms with Crippen molar-refractivity contribution in [2.24, 2.45) is 17.3 Å². The lowest BCUT2D eigenvalue weighted by Crippen LogP contribution is -2.60. The number of amides is 5. The van der Waals surface area contributed by atoms with Crippen molar-refractivity contribution in [3.8, 4) is 0 Å². The van der Waals surface area contributed by atoms with Gasteiger partial charge in [-0.25, -0.2) is 4.98 Å². The van der Waals surface area contributed by atoms with Crippen LogP contribution in [0.4, 0.5) is 13.2 Å². The van der Waals surface area contributed by atoms with Crippen molar-refractivity contribution in [3.05, 3.63) is 59.7 Å². The third kappa shape index (κ3) is 10.7. The Bertz CT molecular complexity index is 1740. The summed E-state index contributed by atoms with van der Waals surface area (Å²) < 4.78 is 40.5. The van der Waals surface area contributed by atoms with Crippen LogP contribution in [-0.4, -0.2) is 87.4 Å². The molecular formula is C40H52F3N7O6. The second kappa shape index (κ2) is 17.9. The Morgan fingerprint density at radius 1 is 0.875 bits per heavy atom. The number of aromatic nitrogens is 2. The summed E-state index contributed by atoms with van der Waals surface area (Å²) in [6.45, 7) is 6.86. The number of carbonyl (C=O) groups is 6. The zero-order valence-corrected chi connectivity index (χ0v) is 32.3. The van der Waals surface area contributed by atoms with Crippen LogP contribution in [0.15, 0.2) is 42.9 Å². The Kier molecular flexibility index (Phi) is 13.5. The van der Waals surface area contributed by atoms with Crippen molar-refractivity contribution >= 4 is 35.3 Å². The topological polar surface area (TPSA) is 180 Å². The molecule has 0 bridgehead atoms. The van der Waals surface area contributed by atoms with Crippen molar-refractivity contribution < 1.29 is 41.9 Å². The summed E-state index contributed by atoms with van der Waals surface area (Å²) in [6, 6.07) is 1.05. The number of benzene rings is 1. The summed E-state index contributed by atoms with van der Waals surface area (Å²) in [5.41, 5.74) is -1.33. The van der Waals surface area contributed by atoms with Gasteiger partial charge in [0, 0.05) is 37.4 Å². The molecule has 3 fully saturated rings. The normalized spacial score (nSPS) is 20.7. The van der Waals surface area contributed by atoms with E-state index in [9.17, 15) is 41.9 Å². The van der Waals surface area contributed by atoms with Crippen LogP contribution in [-0.2, 0) is 30.1 Å². The standard InChI is InChI=1S/C40H52F3N7O6/c1-5-9-29(32(51)37(55)46-26-16-17-26)47-34(52)28-22-50(21-27(28)23-12-14-25(15-13-23)40(41,42)43)38(56)33(39(2,3)4)49-36(54)31(24-10-7-6-8-11-24)48-35(53)30-20-44-18-19-45-30/h12-15,18-20,24,26-29,31,33H,5-11,16-17,21-22H2,1-4H3,(H,46,55)(H,47,52)(H,48,53)(H,49,54)/t27?,28?,29-,31-,33+/m0/s1. The molecule has 4 N–H and O–H groups in total. The first-order valence-corrected chi connectivity index (χ1v) is 19.5. The van der Waals surface area contributed by atoms with Gasteiger partial charge in [0.1, 0.15) is 17.8 Å². The van der Waals surface area contributed by atoms with Crippen LogP contribution in [0.25, 0.3) is 0 Å². The highest BCUT2D eigenvalue weighted by Gasteiger charge is 2.46. The molecule has 0 radical (unpaired) electrons. The molecule has 56 heavy (non-hydrogen) atoms. The summed E-state index contributed by atoms with van der Waals surface area (Å²) in [7, 11) is 0. The van der Waals surface area contributed by atoms with E-state index < -0.39 is 82.4 Å². The Labute approximate surface area is 324 Å². The van der Waals surface area contributed by atoms with Gasteiger partial charge in [-0.3, -0.25) is 33.8 Å². The second-order valence-electron chi connectivity index (χ2n) is 16.3. The first-order valence-electron chi connectivity index (χ1n) is 19.5. The minimum atomic E-state index is -4.59. The molecule has 0 spiro atoms. The van der Waals surface area contributed by atoms with Crippen LogP contribution < -0.4 is 21.3 Å². The molecule has 1 aromatic carbocycles. The van der Waals surface area contributed by atoms with Gasteiger partial charge in [-0.15, -0.1) is 0 Å². The van der Waals surface area contributed by atoms with Crippen molar-refractivity contribution in [2.45, 2.75) is 122 Å². The molecule has 2 aliphatic carbocycles. The van der Waals surface area contributed by atoms with E-state index in [4.69, 9.17) is 0 Å². The smallest absolute Gasteiger partial charge is 0.347 e. The van der Waals surface area contributed by atoms with Crippen molar-refractivity contribution in [3.63, 3.8) is 0 Å². The lowest BCUT2D eigenvalue weighted by Gasteiger charge is -2.36. The molecule has 2 unspecified atom stereocenters. The van der Waals surface area contributed by atoms with E-state index in [2.05, 4.69) is 31.2 Å². The number of carbonyl (C=O) groups excluding carboxylic acids is 6. The third-order valence-electron chi connectivity index (χ3n) is 10.9. The number of halogens is 3. The van der Waals surface area contributed by atoms with Crippen LogP contribution in [0.2, 0.25) is 0 Å². The predicted molar refractivity (Wildman–Crippen MR) is 199 cm³/mol. The molecule has 2 heterocycles. The largest absolute Gasteiger partial charge is 0.416 e. The van der Waals surface area contributed by atoms with Gasteiger partial charge in [-0.1, -0.05) is 65.5 Å². The molecule has 3 aliphatic rings. The van der Waals surface area contributed by atoms with Gasteiger partial charge in [-0.2, -0.15) is 13.2 Å². The molecule has 1 aliphatic heterocycles. The maximum atomic E-state index is 14.5. The predicted octanol–water partition coefficient (Wildman–Crippen LogP) is 4.08. The van der Waals surface area contributed by atoms with E-state index >= 15 is 0 Å². The van der Waals surface area contributed by atoms with E-state index in [1.165, 1.54) is 35.6 Å². The fourth-order valence-electron chi connectivity index (χ4n) is 7.54. The number of rotatable bonds is 14. The average Bonchev–Trinajstić information content (AvgIpc) is 3.87. The zero-order valence-electron chi connectivity index (χ0n) is 32.3. The van der Waals surface area contributed by atoms with Crippen molar-refractivity contribution in [1.82, 2.24) is 36.1 Å². The number of likely N-dealkylation sites (tertiary alicyclic amines) is 1. The van der Waals surface area contributed by atoms with Crippen LogP contribution in [0, 0.1) is 17.3 Å². The van der Waals surface area contributed by atoms with E-state index in [1.54, 1.807) is 27.7 Å². The third-order valence-corrected chi connectivity index (χ3v) is 10.9. The first kappa shape index (κ1) is 42.3. The molecule has 13 nitrogen and oxygen atoms in total. The van der Waals surface area contributed by atoms with Crippen LogP contribution in [0.5, 0.6) is 0 Å². The fraction of sp³-hybridized carbons (Fsp3) is 0.600. The second-order valence-corrected chi connectivity index (χ2v) is 16.3. The lowest BCUT2D eigenvalue weighted by molar-refractivity contribution is -0.141. The van der Waals surface area contributed by atoms with Crippen LogP contribution >= 0.6 is 0 Å². The van der Waals surface area contributed by atoms with Gasteiger partial charge in [0.15, 0.2) is 0 Å². The molecule has 2 aromatic rings. The highest BCUT2D eigenvalue weighted by atomic mass is 19.4. The van der Waals surface area contributed by atoms with Crippen molar-refractivity contribution in [2.75, 3.05) is 13.1 Å². The summed E-state index contributed by atoms with van der Waals surface area (Å²) >= 11 is 0. The van der Waals surface area contributed by atoms with Gasteiger partial charge >= 0.3 is 6.18 Å². The number of Topliss-reactive ketones (excluding diaryl/α,β-unsaturated/α-hetero) is 1. The number of nitrogens with one attached hydrogen (secondary N) is 4. The van der Waals surface area contributed by atoms with Crippen LogP contribution in [0.1, 0.15) is 113 Å². The average molecular weight is 784 g/mol. The summed E-state index contributed by atoms with van der Waals surface area (Å²) in [4.78, 5) is 91.2. The molecule has 5 rings (SSSR count). The molecule has 5 amide bonds. The molecule has 304 valence electrons.